The van der Waals surface area contributed by atoms with Gasteiger partial charge in [-0.25, -0.2) is 0 Å². The van der Waals surface area contributed by atoms with Crippen molar-refractivity contribution in [2.45, 2.75) is 0 Å². The Labute approximate surface area is 259 Å². The minimum Gasteiger partial charge on any atom is -0.355 e. The number of aromatic nitrogens is 3. The first kappa shape index (κ1) is 26.2. The molecule has 9 rings (SSSR count). The summed E-state index contributed by atoms with van der Waals surface area (Å²) in [5.74, 6) is 0. The zero-order valence-electron chi connectivity index (χ0n) is 21.9. The summed E-state index contributed by atoms with van der Waals surface area (Å²) in [6.45, 7) is 0. The van der Waals surface area contributed by atoms with Gasteiger partial charge in [-0.3, -0.25) is 0 Å². The van der Waals surface area contributed by atoms with E-state index in [0.29, 0.717) is 0 Å². The molecule has 1 radical (unpaired) electrons. The topological polar surface area (TPSA) is 47.4 Å². The molecule has 3 heterocycles. The Morgan fingerprint density at radius 1 is 0.225 bits per heavy atom. The summed E-state index contributed by atoms with van der Waals surface area (Å²) >= 11 is 0. The molecule has 0 atom stereocenters. The van der Waals surface area contributed by atoms with E-state index in [9.17, 15) is 0 Å². The molecule has 0 bridgehead atoms. The number of rotatable bonds is 0. The SMILES string of the molecule is [La].c1ccc2c(c1)[nH]c1ccccc12.c1ccc2c(c1)[nH]c1ccccc12.c1ccc2c(c1)[nH]c1ccccc12. The maximum absolute atomic E-state index is 3.38. The van der Waals surface area contributed by atoms with Gasteiger partial charge in [0.15, 0.2) is 0 Å². The molecule has 0 amide bonds. The molecule has 0 saturated carbocycles. The number of H-pyrrole nitrogens is 3. The second kappa shape index (κ2) is 11.6. The van der Waals surface area contributed by atoms with Crippen LogP contribution in [0.5, 0.6) is 0 Å². The van der Waals surface area contributed by atoms with Crippen LogP contribution in [0.15, 0.2) is 146 Å². The zero-order valence-corrected chi connectivity index (χ0v) is 25.6. The minimum atomic E-state index is 0. The maximum atomic E-state index is 3.38. The summed E-state index contributed by atoms with van der Waals surface area (Å²) in [6.07, 6.45) is 0. The average molecular weight is 641 g/mol. The van der Waals surface area contributed by atoms with Gasteiger partial charge in [-0.05, 0) is 36.4 Å². The van der Waals surface area contributed by atoms with Crippen LogP contribution in [-0.2, 0) is 0 Å². The standard InChI is InChI=1S/3C12H9N.La/c3*1-3-7-11-9(5-1)10-6-2-4-8-12(10)13-11;/h3*1-8,13H;. The first-order chi connectivity index (χ1) is 19.3. The van der Waals surface area contributed by atoms with Gasteiger partial charge in [-0.1, -0.05) is 109 Å². The van der Waals surface area contributed by atoms with Crippen LogP contribution < -0.4 is 0 Å². The molecule has 3 N–H and O–H groups in total. The van der Waals surface area contributed by atoms with E-state index in [2.05, 4.69) is 161 Å². The minimum absolute atomic E-state index is 0. The van der Waals surface area contributed by atoms with E-state index < -0.39 is 0 Å². The summed E-state index contributed by atoms with van der Waals surface area (Å²) in [5, 5.41) is 7.82. The normalized spacial score (nSPS) is 10.8. The molecule has 0 spiro atoms. The molecular weight excluding hydrogens is 613 g/mol. The van der Waals surface area contributed by atoms with Crippen molar-refractivity contribution in [1.29, 1.82) is 0 Å². The molecule has 3 nitrogen and oxygen atoms in total. The predicted molar refractivity (Wildman–Crippen MR) is 167 cm³/mol. The van der Waals surface area contributed by atoms with Gasteiger partial charge in [-0.15, -0.1) is 0 Å². The fourth-order valence-corrected chi connectivity index (χ4v) is 5.40. The molecule has 0 aliphatic carbocycles. The molecule has 0 aliphatic rings. The zero-order chi connectivity index (χ0) is 26.0. The molecule has 3 aromatic heterocycles. The smallest absolute Gasteiger partial charge is 0.0464 e. The summed E-state index contributed by atoms with van der Waals surface area (Å²) < 4.78 is 0. The third-order valence-corrected chi connectivity index (χ3v) is 7.24. The second-order valence-electron chi connectivity index (χ2n) is 9.65. The number of aromatic amines is 3. The molecular formula is C36H27LaN3. The van der Waals surface area contributed by atoms with Gasteiger partial charge in [0.1, 0.15) is 0 Å². The molecule has 9 aromatic rings. The van der Waals surface area contributed by atoms with Gasteiger partial charge in [0.25, 0.3) is 0 Å². The fourth-order valence-electron chi connectivity index (χ4n) is 5.40. The summed E-state index contributed by atoms with van der Waals surface area (Å²) in [5.41, 5.74) is 7.27. The van der Waals surface area contributed by atoms with Crippen molar-refractivity contribution in [3.63, 3.8) is 0 Å². The molecule has 0 saturated heterocycles. The Bertz CT molecular complexity index is 1800. The van der Waals surface area contributed by atoms with Crippen LogP contribution in [0.1, 0.15) is 0 Å². The second-order valence-corrected chi connectivity index (χ2v) is 9.65. The number of para-hydroxylation sites is 6. The van der Waals surface area contributed by atoms with Crippen molar-refractivity contribution in [3.8, 4) is 0 Å². The number of hydrogen-bond acceptors (Lipinski definition) is 0. The van der Waals surface area contributed by atoms with E-state index in [1.165, 1.54) is 65.4 Å². The van der Waals surface area contributed by atoms with Crippen LogP contribution in [0.2, 0.25) is 0 Å². The van der Waals surface area contributed by atoms with E-state index in [4.69, 9.17) is 0 Å². The largest absolute Gasteiger partial charge is 0.355 e. The first-order valence-corrected chi connectivity index (χ1v) is 13.2. The Morgan fingerprint density at radius 3 is 0.550 bits per heavy atom. The number of benzene rings is 6. The van der Waals surface area contributed by atoms with Crippen molar-refractivity contribution in [2.24, 2.45) is 0 Å². The van der Waals surface area contributed by atoms with Gasteiger partial charge < -0.3 is 15.0 Å². The van der Waals surface area contributed by atoms with Crippen LogP contribution in [0.4, 0.5) is 0 Å². The fraction of sp³-hybridized carbons (Fsp3) is 0. The van der Waals surface area contributed by atoms with Crippen LogP contribution in [0.3, 0.4) is 0 Å². The van der Waals surface area contributed by atoms with Crippen molar-refractivity contribution in [2.75, 3.05) is 0 Å². The van der Waals surface area contributed by atoms with E-state index in [0.717, 1.165) is 0 Å². The van der Waals surface area contributed by atoms with E-state index in [-0.39, 0.29) is 35.6 Å². The third kappa shape index (κ3) is 4.98. The number of hydrogen-bond donors (Lipinski definition) is 3. The number of nitrogens with one attached hydrogen (secondary N) is 3. The van der Waals surface area contributed by atoms with Gasteiger partial charge in [0.2, 0.25) is 0 Å². The van der Waals surface area contributed by atoms with Gasteiger partial charge in [-0.2, -0.15) is 0 Å². The monoisotopic (exact) mass is 640 g/mol. The molecule has 4 heteroatoms. The summed E-state index contributed by atoms with van der Waals surface area (Å²) in [7, 11) is 0. The molecule has 40 heavy (non-hydrogen) atoms. The molecule has 0 aliphatic heterocycles. The Balaban J connectivity index is 0.000000107. The van der Waals surface area contributed by atoms with Crippen molar-refractivity contribution >= 4 is 65.4 Å². The van der Waals surface area contributed by atoms with Gasteiger partial charge in [0.05, 0.1) is 0 Å². The third-order valence-electron chi connectivity index (χ3n) is 7.24. The van der Waals surface area contributed by atoms with Crippen molar-refractivity contribution in [3.05, 3.63) is 146 Å². The Morgan fingerprint density at radius 2 is 0.375 bits per heavy atom. The van der Waals surface area contributed by atoms with Crippen molar-refractivity contribution < 1.29 is 35.6 Å². The predicted octanol–water partition coefficient (Wildman–Crippen LogP) is 9.96. The molecule has 6 aromatic carbocycles. The molecule has 189 valence electrons. The van der Waals surface area contributed by atoms with Gasteiger partial charge >= 0.3 is 0 Å². The summed E-state index contributed by atoms with van der Waals surface area (Å²) in [4.78, 5) is 10.1. The van der Waals surface area contributed by atoms with Gasteiger partial charge in [0, 0.05) is 101 Å². The van der Waals surface area contributed by atoms with Crippen LogP contribution in [-0.4, -0.2) is 15.0 Å². The Kier molecular flexibility index (Phi) is 7.57. The van der Waals surface area contributed by atoms with Crippen LogP contribution in [0, 0.1) is 35.6 Å². The van der Waals surface area contributed by atoms with E-state index in [1.54, 1.807) is 0 Å². The summed E-state index contributed by atoms with van der Waals surface area (Å²) in [6, 6.07) is 50.3. The molecule has 0 fully saturated rings. The Hall–Kier alpha value is -4.09. The van der Waals surface area contributed by atoms with Crippen molar-refractivity contribution in [1.82, 2.24) is 15.0 Å². The first-order valence-electron chi connectivity index (χ1n) is 13.2. The van der Waals surface area contributed by atoms with E-state index >= 15 is 0 Å². The quantitative estimate of drug-likeness (QED) is 0.148. The van der Waals surface area contributed by atoms with Crippen LogP contribution in [0.25, 0.3) is 65.4 Å². The number of fused-ring (bicyclic) bond motifs is 9. The van der Waals surface area contributed by atoms with Crippen LogP contribution >= 0.6 is 0 Å². The maximum Gasteiger partial charge on any atom is 0.0464 e. The van der Waals surface area contributed by atoms with E-state index in [1.807, 2.05) is 0 Å². The molecule has 0 unspecified atom stereocenters. The average Bonchev–Trinajstić information content (AvgIpc) is 3.69.